The minimum Gasteiger partial charge on any atom is -0.300 e. The van der Waals surface area contributed by atoms with Crippen LogP contribution in [-0.4, -0.2) is 15.7 Å². The van der Waals surface area contributed by atoms with E-state index in [9.17, 15) is 5.41 Å². The molecule has 50 heavy (non-hydrogen) atoms. The van der Waals surface area contributed by atoms with E-state index in [2.05, 4.69) is 103 Å². The number of benzene rings is 5. The maximum atomic E-state index is 9.81. The second kappa shape index (κ2) is 11.7. The summed E-state index contributed by atoms with van der Waals surface area (Å²) in [6.45, 7) is 2.05. The number of nitrogens with one attached hydrogen (secondary N) is 1. The predicted octanol–water partition coefficient (Wildman–Crippen LogP) is 10.7. The lowest BCUT2D eigenvalue weighted by molar-refractivity contribution is 0.714. The van der Waals surface area contributed by atoms with Crippen molar-refractivity contribution in [2.45, 2.75) is 25.2 Å². The number of terminal acetylenes is 1. The number of fused-ring (bicyclic) bond motifs is 10. The molecule has 6 aromatic rings. The van der Waals surface area contributed by atoms with Gasteiger partial charge in [0.1, 0.15) is 0 Å². The van der Waals surface area contributed by atoms with Crippen molar-refractivity contribution in [3.63, 3.8) is 0 Å². The first-order valence-corrected chi connectivity index (χ1v) is 17.1. The summed E-state index contributed by atoms with van der Waals surface area (Å²) in [5, 5.41) is 9.81. The van der Waals surface area contributed by atoms with Crippen molar-refractivity contribution >= 4 is 27.9 Å². The quantitative estimate of drug-likeness (QED) is 0.116. The summed E-state index contributed by atoms with van der Waals surface area (Å²) < 4.78 is 0. The third kappa shape index (κ3) is 4.22. The molecule has 0 radical (unpaired) electrons. The summed E-state index contributed by atoms with van der Waals surface area (Å²) in [6, 6.07) is 38.3. The molecule has 0 saturated heterocycles. The number of para-hydroxylation sites is 2. The van der Waals surface area contributed by atoms with Crippen LogP contribution in [0.1, 0.15) is 58.7 Å². The average Bonchev–Trinajstić information content (AvgIpc) is 3.65. The van der Waals surface area contributed by atoms with Crippen molar-refractivity contribution < 1.29 is 0 Å². The number of allylic oxidation sites excluding steroid dienone is 8. The molecule has 1 N–H and O–H groups in total. The minimum absolute atomic E-state index is 0.401. The molecule has 0 bridgehead atoms. The average molecular weight is 640 g/mol. The minimum atomic E-state index is -0.401. The van der Waals surface area contributed by atoms with Gasteiger partial charge >= 0.3 is 0 Å². The molecule has 0 fully saturated rings. The Bertz CT molecular complexity index is 2590. The molecule has 5 aromatic carbocycles. The molecule has 3 nitrogen and oxygen atoms in total. The van der Waals surface area contributed by atoms with Crippen molar-refractivity contribution in [3.05, 3.63) is 190 Å². The first-order chi connectivity index (χ1) is 24.6. The Kier molecular flexibility index (Phi) is 6.93. The molecule has 1 heterocycles. The Balaban J connectivity index is 1.29. The van der Waals surface area contributed by atoms with Crippen LogP contribution >= 0.6 is 0 Å². The van der Waals surface area contributed by atoms with Gasteiger partial charge in [-0.25, -0.2) is 4.98 Å². The summed E-state index contributed by atoms with van der Waals surface area (Å²) >= 11 is 0. The van der Waals surface area contributed by atoms with Gasteiger partial charge in [-0.05, 0) is 106 Å². The van der Waals surface area contributed by atoms with Crippen LogP contribution in [0, 0.1) is 17.8 Å². The van der Waals surface area contributed by atoms with Crippen molar-refractivity contribution in [1.29, 1.82) is 5.41 Å². The predicted molar refractivity (Wildman–Crippen MR) is 206 cm³/mol. The largest absolute Gasteiger partial charge is 0.300 e. The molecule has 3 aliphatic rings. The van der Waals surface area contributed by atoms with Crippen LogP contribution in [0.15, 0.2) is 151 Å². The van der Waals surface area contributed by atoms with Crippen LogP contribution < -0.4 is 0 Å². The topological polar surface area (TPSA) is 49.6 Å². The molecule has 3 heteroatoms. The summed E-state index contributed by atoms with van der Waals surface area (Å²) in [7, 11) is 0. The Hall–Kier alpha value is -6.37. The lowest BCUT2D eigenvalue weighted by atomic mass is 9.67. The van der Waals surface area contributed by atoms with Gasteiger partial charge in [-0.2, -0.15) is 0 Å². The molecule has 9 rings (SSSR count). The van der Waals surface area contributed by atoms with Gasteiger partial charge in [0.25, 0.3) is 0 Å². The molecule has 0 saturated carbocycles. The molecular formula is C47H33N3. The zero-order valence-electron chi connectivity index (χ0n) is 27.7. The van der Waals surface area contributed by atoms with Crippen LogP contribution in [0.4, 0.5) is 0 Å². The van der Waals surface area contributed by atoms with Crippen molar-refractivity contribution in [3.8, 4) is 34.7 Å². The number of hydrogen-bond donors (Lipinski definition) is 1. The standard InChI is InChI=1S/C47H33N3/c1-3-5-15-30(4-2)44-36(46(48)32-17-14-16-31(28-32)43-29-49-41-24-12-13-25-42(41)50-43)26-27-40-45(44)35-20-8-11-23-39(35)47(40)37-21-9-6-18-33(37)34-19-7-10-22-38(34)47/h1,4-9,11-21,23-29,48H,10,22H2,2H3/b15-5-,30-4+,48-46?. The number of nitrogens with zero attached hydrogens (tertiary/aromatic N) is 2. The van der Waals surface area contributed by atoms with E-state index >= 15 is 0 Å². The number of hydrogen-bond acceptors (Lipinski definition) is 3. The zero-order chi connectivity index (χ0) is 33.8. The van der Waals surface area contributed by atoms with Gasteiger partial charge in [0.2, 0.25) is 0 Å². The van der Waals surface area contributed by atoms with E-state index in [0.29, 0.717) is 5.71 Å². The molecule has 0 aliphatic heterocycles. The van der Waals surface area contributed by atoms with Gasteiger partial charge < -0.3 is 0 Å². The van der Waals surface area contributed by atoms with E-state index in [4.69, 9.17) is 11.4 Å². The monoisotopic (exact) mass is 639 g/mol. The van der Waals surface area contributed by atoms with E-state index < -0.39 is 5.41 Å². The van der Waals surface area contributed by atoms with E-state index in [1.165, 1.54) is 44.5 Å². The van der Waals surface area contributed by atoms with Gasteiger partial charge in [0.15, 0.2) is 0 Å². The molecule has 236 valence electrons. The highest BCUT2D eigenvalue weighted by molar-refractivity contribution is 6.16. The number of aromatic nitrogens is 2. The molecule has 1 spiro atoms. The van der Waals surface area contributed by atoms with Crippen LogP contribution in [0.2, 0.25) is 0 Å². The van der Waals surface area contributed by atoms with Crippen LogP contribution in [-0.2, 0) is 5.41 Å². The molecule has 1 aromatic heterocycles. The fraction of sp³-hybridized carbons (Fsp3) is 0.0851. The fourth-order valence-corrected chi connectivity index (χ4v) is 8.55. The first-order valence-electron chi connectivity index (χ1n) is 17.1. The van der Waals surface area contributed by atoms with Gasteiger partial charge in [-0.15, -0.1) is 6.42 Å². The third-order valence-corrected chi connectivity index (χ3v) is 10.6. The fourth-order valence-electron chi connectivity index (χ4n) is 8.55. The van der Waals surface area contributed by atoms with E-state index in [-0.39, 0.29) is 0 Å². The molecule has 1 atom stereocenters. The SMILES string of the molecule is C#C/C=C\C(=C/C)c1c(C(=N)c2cccc(-c3cnc4ccccc4n3)c2)ccc2c1-c1ccccc1C21C2=C(C=CCC2)c2ccccc21. The highest BCUT2D eigenvalue weighted by Crippen LogP contribution is 2.64. The molecule has 3 aliphatic carbocycles. The third-order valence-electron chi connectivity index (χ3n) is 10.6. The molecule has 0 amide bonds. The van der Waals surface area contributed by atoms with E-state index in [1.54, 1.807) is 6.08 Å². The smallest absolute Gasteiger partial charge is 0.0894 e. The lowest BCUT2D eigenvalue weighted by Crippen LogP contribution is -2.28. The second-order valence-electron chi connectivity index (χ2n) is 13.0. The van der Waals surface area contributed by atoms with Crippen molar-refractivity contribution in [1.82, 2.24) is 9.97 Å². The molecular weight excluding hydrogens is 607 g/mol. The summed E-state index contributed by atoms with van der Waals surface area (Å²) in [5.41, 5.74) is 17.5. The highest BCUT2D eigenvalue weighted by atomic mass is 14.8. The Morgan fingerprint density at radius 3 is 2.42 bits per heavy atom. The lowest BCUT2D eigenvalue weighted by Gasteiger charge is -2.33. The van der Waals surface area contributed by atoms with Crippen LogP contribution in [0.5, 0.6) is 0 Å². The normalized spacial score (nSPS) is 17.2. The van der Waals surface area contributed by atoms with Gasteiger partial charge in [0.05, 0.1) is 34.1 Å². The first kappa shape index (κ1) is 29.7. The summed E-state index contributed by atoms with van der Waals surface area (Å²) in [5.74, 6) is 2.70. The molecule has 1 unspecified atom stereocenters. The Labute approximate surface area is 292 Å². The van der Waals surface area contributed by atoms with Gasteiger partial charge in [-0.1, -0.05) is 115 Å². The Morgan fingerprint density at radius 2 is 1.60 bits per heavy atom. The van der Waals surface area contributed by atoms with Gasteiger partial charge in [0, 0.05) is 16.7 Å². The van der Waals surface area contributed by atoms with Crippen LogP contribution in [0.25, 0.3) is 44.6 Å². The zero-order valence-corrected chi connectivity index (χ0v) is 27.7. The maximum Gasteiger partial charge on any atom is 0.0894 e. The maximum absolute atomic E-state index is 9.81. The highest BCUT2D eigenvalue weighted by Gasteiger charge is 2.53. The van der Waals surface area contributed by atoms with Crippen molar-refractivity contribution in [2.75, 3.05) is 0 Å². The van der Waals surface area contributed by atoms with Crippen molar-refractivity contribution in [2.24, 2.45) is 0 Å². The number of rotatable bonds is 5. The summed E-state index contributed by atoms with van der Waals surface area (Å²) in [4.78, 5) is 9.55. The van der Waals surface area contributed by atoms with E-state index in [0.717, 1.165) is 57.4 Å². The van der Waals surface area contributed by atoms with Gasteiger partial charge in [-0.3, -0.25) is 10.4 Å². The Morgan fingerprint density at radius 1 is 0.840 bits per heavy atom. The van der Waals surface area contributed by atoms with E-state index in [1.807, 2.05) is 54.7 Å². The second-order valence-corrected chi connectivity index (χ2v) is 13.0. The van der Waals surface area contributed by atoms with Crippen LogP contribution in [0.3, 0.4) is 0 Å². The summed E-state index contributed by atoms with van der Waals surface area (Å²) in [6.07, 6.45) is 20.1.